The molecule has 2 heterocycles. The van der Waals surface area contributed by atoms with Gasteiger partial charge >= 0.3 is 11.9 Å². The number of likely N-dealkylation sites (tertiary alicyclic amines) is 1. The predicted molar refractivity (Wildman–Crippen MR) is 123 cm³/mol. The number of hydrogen-bond donors (Lipinski definition) is 1. The Labute approximate surface area is 201 Å². The maximum Gasteiger partial charge on any atom is 0.341 e. The van der Waals surface area contributed by atoms with E-state index in [-0.39, 0.29) is 36.6 Å². The van der Waals surface area contributed by atoms with Crippen LogP contribution >= 0.6 is 11.3 Å². The van der Waals surface area contributed by atoms with E-state index in [9.17, 15) is 24.0 Å². The van der Waals surface area contributed by atoms with Crippen molar-refractivity contribution in [2.24, 2.45) is 11.8 Å². The van der Waals surface area contributed by atoms with E-state index in [2.05, 4.69) is 5.32 Å². The van der Waals surface area contributed by atoms with Crippen molar-refractivity contribution in [1.29, 1.82) is 0 Å². The second-order valence-electron chi connectivity index (χ2n) is 8.70. The van der Waals surface area contributed by atoms with Crippen molar-refractivity contribution < 1.29 is 33.4 Å². The number of carbonyl (C=O) groups is 5. The molecule has 2 aliphatic carbocycles. The number of anilines is 1. The third kappa shape index (κ3) is 4.91. The number of methoxy groups -OCH3 is 1. The van der Waals surface area contributed by atoms with Crippen molar-refractivity contribution in [3.63, 3.8) is 0 Å². The zero-order chi connectivity index (χ0) is 24.2. The van der Waals surface area contributed by atoms with Crippen LogP contribution in [0, 0.1) is 11.8 Å². The molecule has 1 fully saturated rings. The SMILES string of the molecule is COC(=O)c1c(NC(=O)COC(=O)CCN2C(=O)[C@H]3CC=CC[C@@H]3C2=O)sc2c1CCCCC2. The van der Waals surface area contributed by atoms with Gasteiger partial charge in [-0.1, -0.05) is 18.6 Å². The van der Waals surface area contributed by atoms with Gasteiger partial charge in [-0.05, 0) is 44.1 Å². The Morgan fingerprint density at radius 1 is 1.06 bits per heavy atom. The summed E-state index contributed by atoms with van der Waals surface area (Å²) in [4.78, 5) is 64.1. The Morgan fingerprint density at radius 2 is 1.74 bits per heavy atom. The topological polar surface area (TPSA) is 119 Å². The number of fused-ring (bicyclic) bond motifs is 2. The van der Waals surface area contributed by atoms with Gasteiger partial charge in [0, 0.05) is 11.4 Å². The van der Waals surface area contributed by atoms with Crippen LogP contribution in [0.4, 0.5) is 5.00 Å². The third-order valence-corrected chi connectivity index (χ3v) is 7.77. The Hall–Kier alpha value is -3.01. The smallest absolute Gasteiger partial charge is 0.341 e. The van der Waals surface area contributed by atoms with Gasteiger partial charge < -0.3 is 14.8 Å². The van der Waals surface area contributed by atoms with Gasteiger partial charge in [0.15, 0.2) is 6.61 Å². The maximum atomic E-state index is 12.5. The summed E-state index contributed by atoms with van der Waals surface area (Å²) in [5.41, 5.74) is 1.31. The molecule has 1 aromatic heterocycles. The first-order valence-electron chi connectivity index (χ1n) is 11.6. The fourth-order valence-electron chi connectivity index (χ4n) is 4.82. The first kappa shape index (κ1) is 24.1. The minimum Gasteiger partial charge on any atom is -0.465 e. The zero-order valence-corrected chi connectivity index (χ0v) is 19.9. The number of imide groups is 1. The van der Waals surface area contributed by atoms with E-state index in [0.717, 1.165) is 47.4 Å². The van der Waals surface area contributed by atoms with Crippen LogP contribution in [0.15, 0.2) is 12.2 Å². The summed E-state index contributed by atoms with van der Waals surface area (Å²) in [6.45, 7) is -0.589. The number of nitrogens with zero attached hydrogens (tertiary/aromatic N) is 1. The molecule has 4 rings (SSSR count). The molecule has 0 aromatic carbocycles. The molecule has 34 heavy (non-hydrogen) atoms. The van der Waals surface area contributed by atoms with Crippen molar-refractivity contribution in [3.8, 4) is 0 Å². The van der Waals surface area contributed by atoms with E-state index < -0.39 is 24.5 Å². The van der Waals surface area contributed by atoms with Crippen molar-refractivity contribution in [3.05, 3.63) is 28.2 Å². The second kappa shape index (κ2) is 10.5. The van der Waals surface area contributed by atoms with E-state index in [0.29, 0.717) is 23.4 Å². The van der Waals surface area contributed by atoms with Gasteiger partial charge in [0.1, 0.15) is 5.00 Å². The van der Waals surface area contributed by atoms with Gasteiger partial charge in [-0.2, -0.15) is 0 Å². The molecule has 1 N–H and O–H groups in total. The number of allylic oxidation sites excluding steroid dienone is 2. The lowest BCUT2D eigenvalue weighted by atomic mass is 9.85. The highest BCUT2D eigenvalue weighted by atomic mass is 32.1. The Kier molecular flexibility index (Phi) is 7.45. The molecule has 2 atom stereocenters. The van der Waals surface area contributed by atoms with Crippen LogP contribution in [-0.4, -0.2) is 54.8 Å². The number of amides is 3. The fraction of sp³-hybridized carbons (Fsp3) is 0.542. The predicted octanol–water partition coefficient (Wildman–Crippen LogP) is 2.63. The largest absolute Gasteiger partial charge is 0.465 e. The van der Waals surface area contributed by atoms with E-state index in [1.807, 2.05) is 12.2 Å². The number of carbonyl (C=O) groups excluding carboxylic acids is 5. The number of nitrogens with one attached hydrogen (secondary N) is 1. The van der Waals surface area contributed by atoms with E-state index in [4.69, 9.17) is 9.47 Å². The quantitative estimate of drug-likeness (QED) is 0.271. The van der Waals surface area contributed by atoms with Crippen LogP contribution < -0.4 is 5.32 Å². The molecule has 9 nitrogen and oxygen atoms in total. The van der Waals surface area contributed by atoms with Crippen LogP contribution in [0.2, 0.25) is 0 Å². The van der Waals surface area contributed by atoms with Crippen molar-refractivity contribution in [2.45, 2.75) is 51.4 Å². The number of esters is 2. The van der Waals surface area contributed by atoms with E-state index in [1.54, 1.807) is 0 Å². The second-order valence-corrected chi connectivity index (χ2v) is 9.81. The van der Waals surface area contributed by atoms with E-state index in [1.165, 1.54) is 18.4 Å². The lowest BCUT2D eigenvalue weighted by Gasteiger charge is -2.14. The van der Waals surface area contributed by atoms with Crippen LogP contribution in [0.1, 0.15) is 59.3 Å². The first-order valence-corrected chi connectivity index (χ1v) is 12.4. The minimum atomic E-state index is -0.682. The number of hydrogen-bond acceptors (Lipinski definition) is 8. The van der Waals surface area contributed by atoms with Crippen LogP contribution in [0.3, 0.4) is 0 Å². The summed E-state index contributed by atoms with van der Waals surface area (Å²) in [6, 6.07) is 0. The number of rotatable bonds is 7. The molecular formula is C24H28N2O7S. The van der Waals surface area contributed by atoms with Gasteiger partial charge in [0.25, 0.3) is 5.91 Å². The number of thiophene rings is 1. The molecule has 0 bridgehead atoms. The van der Waals surface area contributed by atoms with Crippen molar-refractivity contribution in [2.75, 3.05) is 25.6 Å². The summed E-state index contributed by atoms with van der Waals surface area (Å²) < 4.78 is 9.97. The molecule has 3 aliphatic rings. The normalized spacial score (nSPS) is 21.5. The molecule has 3 amide bonds. The minimum absolute atomic E-state index is 0.0603. The van der Waals surface area contributed by atoms with Gasteiger partial charge in [-0.3, -0.25) is 24.1 Å². The summed E-state index contributed by atoms with van der Waals surface area (Å²) in [7, 11) is 1.30. The van der Waals surface area contributed by atoms with Crippen LogP contribution in [0.5, 0.6) is 0 Å². The lowest BCUT2D eigenvalue weighted by molar-refractivity contribution is -0.148. The van der Waals surface area contributed by atoms with Gasteiger partial charge in [0.05, 0.1) is 30.9 Å². The number of ether oxygens (including phenoxy) is 2. The first-order chi connectivity index (χ1) is 16.4. The van der Waals surface area contributed by atoms with Gasteiger partial charge in [0.2, 0.25) is 11.8 Å². The molecular weight excluding hydrogens is 460 g/mol. The monoisotopic (exact) mass is 488 g/mol. The fourth-order valence-corrected chi connectivity index (χ4v) is 6.12. The molecule has 1 aliphatic heterocycles. The summed E-state index contributed by atoms with van der Waals surface area (Å²) >= 11 is 1.36. The number of aryl methyl sites for hydroxylation is 1. The van der Waals surface area contributed by atoms with Crippen LogP contribution in [-0.2, 0) is 41.5 Å². The summed E-state index contributed by atoms with van der Waals surface area (Å²) in [5.74, 6) is -2.94. The molecule has 182 valence electrons. The Morgan fingerprint density at radius 3 is 2.41 bits per heavy atom. The summed E-state index contributed by atoms with van der Waals surface area (Å²) in [6.07, 6.45) is 9.39. The Bertz CT molecular complexity index is 1020. The maximum absolute atomic E-state index is 12.5. The molecule has 0 saturated carbocycles. The van der Waals surface area contributed by atoms with Gasteiger partial charge in [-0.15, -0.1) is 11.3 Å². The Balaban J connectivity index is 1.30. The summed E-state index contributed by atoms with van der Waals surface area (Å²) in [5, 5.41) is 3.09. The highest BCUT2D eigenvalue weighted by Crippen LogP contribution is 2.38. The highest BCUT2D eigenvalue weighted by Gasteiger charge is 2.47. The molecule has 0 spiro atoms. The zero-order valence-electron chi connectivity index (χ0n) is 19.1. The van der Waals surface area contributed by atoms with Gasteiger partial charge in [-0.25, -0.2) is 4.79 Å². The lowest BCUT2D eigenvalue weighted by Crippen LogP contribution is -2.33. The highest BCUT2D eigenvalue weighted by molar-refractivity contribution is 7.17. The third-order valence-electron chi connectivity index (χ3n) is 6.57. The average Bonchev–Trinajstić information content (AvgIpc) is 3.17. The molecule has 0 unspecified atom stereocenters. The molecule has 1 saturated heterocycles. The molecule has 0 radical (unpaired) electrons. The standard InChI is InChI=1S/C24H28N2O7S/c1-32-24(31)20-16-9-3-2-4-10-17(16)34-21(20)25-18(27)13-33-19(28)11-12-26-22(29)14-7-5-6-8-15(14)23(26)30/h5-6,14-15H,2-4,7-13H2,1H3,(H,25,27)/t14-,15-/m0/s1. The molecule has 10 heteroatoms. The van der Waals surface area contributed by atoms with Crippen molar-refractivity contribution >= 4 is 46.0 Å². The average molecular weight is 489 g/mol. The van der Waals surface area contributed by atoms with E-state index >= 15 is 0 Å². The van der Waals surface area contributed by atoms with Crippen molar-refractivity contribution in [1.82, 2.24) is 4.90 Å². The van der Waals surface area contributed by atoms with Crippen LogP contribution in [0.25, 0.3) is 0 Å². The molecule has 1 aromatic rings.